The summed E-state index contributed by atoms with van der Waals surface area (Å²) >= 11 is 0. The summed E-state index contributed by atoms with van der Waals surface area (Å²) in [5.74, 6) is 0. The van der Waals surface area contributed by atoms with Gasteiger partial charge in [0.1, 0.15) is 0 Å². The molecule has 1 rings (SSSR count). The van der Waals surface area contributed by atoms with Gasteiger partial charge >= 0.3 is 12.2 Å². The summed E-state index contributed by atoms with van der Waals surface area (Å²) in [5, 5.41) is 0. The minimum Gasteiger partial charge on any atom is -0.450 e. The number of carbonyl (C=O) groups excluding carboxylic acids is 2. The summed E-state index contributed by atoms with van der Waals surface area (Å²) in [6.45, 7) is 6.28. The molecule has 0 atom stereocenters. The van der Waals surface area contributed by atoms with Crippen LogP contribution in [0.3, 0.4) is 0 Å². The summed E-state index contributed by atoms with van der Waals surface area (Å²) in [4.78, 5) is 25.9. The molecule has 1 heterocycles. The standard InChI is InChI=1S/C10H18N2O4/c1-3-15-9(13)11-5-7-12(8-6-11)10(14)16-4-2/h3-8H2,1-2H3. The molecule has 0 spiro atoms. The molecule has 0 saturated carbocycles. The van der Waals surface area contributed by atoms with Crippen LogP contribution in [0, 0.1) is 0 Å². The zero-order chi connectivity index (χ0) is 12.0. The van der Waals surface area contributed by atoms with Gasteiger partial charge in [0, 0.05) is 26.2 Å². The Morgan fingerprint density at radius 1 is 0.875 bits per heavy atom. The SMILES string of the molecule is CCOC(=O)N1CCN(C(=O)OCC)CC1. The van der Waals surface area contributed by atoms with Gasteiger partial charge in [0.25, 0.3) is 0 Å². The summed E-state index contributed by atoms with van der Waals surface area (Å²) in [7, 11) is 0. The van der Waals surface area contributed by atoms with Gasteiger partial charge in [0.2, 0.25) is 0 Å². The van der Waals surface area contributed by atoms with Crippen molar-refractivity contribution in [2.45, 2.75) is 13.8 Å². The van der Waals surface area contributed by atoms with Crippen molar-refractivity contribution >= 4 is 12.2 Å². The quantitative estimate of drug-likeness (QED) is 0.707. The van der Waals surface area contributed by atoms with Gasteiger partial charge in [-0.1, -0.05) is 0 Å². The second kappa shape index (κ2) is 6.19. The van der Waals surface area contributed by atoms with Crippen molar-refractivity contribution < 1.29 is 19.1 Å². The Morgan fingerprint density at radius 2 is 1.19 bits per heavy atom. The molecule has 6 heteroatoms. The van der Waals surface area contributed by atoms with Crippen molar-refractivity contribution in [2.75, 3.05) is 39.4 Å². The normalized spacial score (nSPS) is 15.9. The lowest BCUT2D eigenvalue weighted by Crippen LogP contribution is -2.50. The van der Waals surface area contributed by atoms with Crippen molar-refractivity contribution in [3.63, 3.8) is 0 Å². The van der Waals surface area contributed by atoms with Gasteiger partial charge in [-0.3, -0.25) is 0 Å². The molecule has 0 aromatic carbocycles. The predicted molar refractivity (Wildman–Crippen MR) is 57.2 cm³/mol. The Hall–Kier alpha value is -1.46. The van der Waals surface area contributed by atoms with E-state index >= 15 is 0 Å². The van der Waals surface area contributed by atoms with E-state index in [0.29, 0.717) is 39.4 Å². The van der Waals surface area contributed by atoms with Crippen LogP contribution in [0.2, 0.25) is 0 Å². The Bertz CT molecular complexity index is 223. The fourth-order valence-electron chi connectivity index (χ4n) is 1.50. The molecule has 1 aliphatic rings. The molecule has 1 aliphatic heterocycles. The zero-order valence-electron chi connectivity index (χ0n) is 9.77. The van der Waals surface area contributed by atoms with Crippen molar-refractivity contribution in [3.8, 4) is 0 Å². The summed E-state index contributed by atoms with van der Waals surface area (Å²) in [6.07, 6.45) is -0.628. The molecule has 1 saturated heterocycles. The molecule has 0 N–H and O–H groups in total. The number of ether oxygens (including phenoxy) is 2. The molecule has 0 unspecified atom stereocenters. The van der Waals surface area contributed by atoms with Crippen LogP contribution < -0.4 is 0 Å². The molecule has 0 aromatic heterocycles. The zero-order valence-corrected chi connectivity index (χ0v) is 9.77. The van der Waals surface area contributed by atoms with Gasteiger partial charge in [-0.2, -0.15) is 0 Å². The third-order valence-electron chi connectivity index (χ3n) is 2.33. The fourth-order valence-corrected chi connectivity index (χ4v) is 1.50. The largest absolute Gasteiger partial charge is 0.450 e. The van der Waals surface area contributed by atoms with Crippen LogP contribution in [0.4, 0.5) is 9.59 Å². The van der Waals surface area contributed by atoms with E-state index in [1.807, 2.05) is 0 Å². The molecule has 92 valence electrons. The Morgan fingerprint density at radius 3 is 1.44 bits per heavy atom. The van der Waals surface area contributed by atoms with Gasteiger partial charge in [0.15, 0.2) is 0 Å². The van der Waals surface area contributed by atoms with E-state index in [9.17, 15) is 9.59 Å². The van der Waals surface area contributed by atoms with E-state index in [1.54, 1.807) is 23.6 Å². The first kappa shape index (κ1) is 12.6. The number of piperazine rings is 1. The molecule has 6 nitrogen and oxygen atoms in total. The molecule has 2 amide bonds. The maximum atomic E-state index is 11.4. The molecular weight excluding hydrogens is 212 g/mol. The first-order valence-electron chi connectivity index (χ1n) is 5.52. The van der Waals surface area contributed by atoms with Crippen molar-refractivity contribution in [1.82, 2.24) is 9.80 Å². The van der Waals surface area contributed by atoms with E-state index in [2.05, 4.69) is 0 Å². The minimum absolute atomic E-state index is 0.314. The maximum Gasteiger partial charge on any atom is 0.409 e. The second-order valence-corrected chi connectivity index (χ2v) is 3.37. The fraction of sp³-hybridized carbons (Fsp3) is 0.800. The van der Waals surface area contributed by atoms with Crippen LogP contribution in [0.25, 0.3) is 0 Å². The molecule has 16 heavy (non-hydrogen) atoms. The highest BCUT2D eigenvalue weighted by Gasteiger charge is 2.25. The topological polar surface area (TPSA) is 59.1 Å². The molecular formula is C10H18N2O4. The number of rotatable bonds is 2. The van der Waals surface area contributed by atoms with Crippen LogP contribution in [0.5, 0.6) is 0 Å². The average Bonchev–Trinajstić information content (AvgIpc) is 2.30. The Balaban J connectivity index is 2.33. The number of nitrogens with zero attached hydrogens (tertiary/aromatic N) is 2. The summed E-state index contributed by atoms with van der Waals surface area (Å²) in [6, 6.07) is 0. The van der Waals surface area contributed by atoms with Crippen LogP contribution in [0.15, 0.2) is 0 Å². The maximum absolute atomic E-state index is 11.4. The molecule has 0 radical (unpaired) electrons. The van der Waals surface area contributed by atoms with Crippen molar-refractivity contribution in [1.29, 1.82) is 0 Å². The van der Waals surface area contributed by atoms with Crippen LogP contribution in [-0.2, 0) is 9.47 Å². The van der Waals surface area contributed by atoms with E-state index in [4.69, 9.17) is 9.47 Å². The number of hydrogen-bond acceptors (Lipinski definition) is 4. The second-order valence-electron chi connectivity index (χ2n) is 3.37. The van der Waals surface area contributed by atoms with E-state index in [-0.39, 0.29) is 12.2 Å². The van der Waals surface area contributed by atoms with Crippen LogP contribution in [0.1, 0.15) is 13.8 Å². The van der Waals surface area contributed by atoms with Crippen LogP contribution >= 0.6 is 0 Å². The first-order valence-corrected chi connectivity index (χ1v) is 5.52. The molecule has 0 aromatic rings. The number of amides is 2. The third-order valence-corrected chi connectivity index (χ3v) is 2.33. The number of carbonyl (C=O) groups is 2. The average molecular weight is 230 g/mol. The smallest absolute Gasteiger partial charge is 0.409 e. The van der Waals surface area contributed by atoms with E-state index < -0.39 is 0 Å². The highest BCUT2D eigenvalue weighted by molar-refractivity contribution is 5.70. The van der Waals surface area contributed by atoms with E-state index in [0.717, 1.165) is 0 Å². The van der Waals surface area contributed by atoms with Gasteiger partial charge < -0.3 is 19.3 Å². The third kappa shape index (κ3) is 3.29. The first-order chi connectivity index (χ1) is 7.69. The highest BCUT2D eigenvalue weighted by Crippen LogP contribution is 2.05. The van der Waals surface area contributed by atoms with Crippen molar-refractivity contribution in [3.05, 3.63) is 0 Å². The summed E-state index contributed by atoms with van der Waals surface area (Å²) < 4.78 is 9.75. The predicted octanol–water partition coefficient (Wildman–Crippen LogP) is 0.917. The van der Waals surface area contributed by atoms with E-state index in [1.165, 1.54) is 0 Å². The molecule has 0 bridgehead atoms. The van der Waals surface area contributed by atoms with Crippen LogP contribution in [-0.4, -0.2) is 61.4 Å². The van der Waals surface area contributed by atoms with Gasteiger partial charge in [-0.25, -0.2) is 9.59 Å². The Labute approximate surface area is 95.1 Å². The molecule has 1 fully saturated rings. The lowest BCUT2D eigenvalue weighted by Gasteiger charge is -2.33. The molecule has 0 aliphatic carbocycles. The Kier molecular flexibility index (Phi) is 4.88. The van der Waals surface area contributed by atoms with Gasteiger partial charge in [-0.05, 0) is 13.8 Å². The van der Waals surface area contributed by atoms with Gasteiger partial charge in [0.05, 0.1) is 13.2 Å². The number of hydrogen-bond donors (Lipinski definition) is 0. The summed E-state index contributed by atoms with van der Waals surface area (Å²) in [5.41, 5.74) is 0. The van der Waals surface area contributed by atoms with Crippen molar-refractivity contribution in [2.24, 2.45) is 0 Å². The lowest BCUT2D eigenvalue weighted by molar-refractivity contribution is 0.0642. The highest BCUT2D eigenvalue weighted by atomic mass is 16.6. The monoisotopic (exact) mass is 230 g/mol. The van der Waals surface area contributed by atoms with Gasteiger partial charge in [-0.15, -0.1) is 0 Å². The minimum atomic E-state index is -0.314. The lowest BCUT2D eigenvalue weighted by atomic mass is 10.3.